The van der Waals surface area contributed by atoms with Gasteiger partial charge in [-0.2, -0.15) is 5.10 Å². The van der Waals surface area contributed by atoms with Gasteiger partial charge in [0.1, 0.15) is 5.56 Å². The number of hydrogen-bond donors (Lipinski definition) is 2. The minimum atomic E-state index is -0.603. The Bertz CT molecular complexity index is 671. The Morgan fingerprint density at radius 1 is 1.30 bits per heavy atom. The van der Waals surface area contributed by atoms with Crippen LogP contribution in [0.4, 0.5) is 0 Å². The van der Waals surface area contributed by atoms with E-state index in [-0.39, 0.29) is 11.4 Å². The van der Waals surface area contributed by atoms with Gasteiger partial charge in [0.15, 0.2) is 0 Å². The fourth-order valence-electron chi connectivity index (χ4n) is 2.47. The second-order valence-electron chi connectivity index (χ2n) is 5.43. The summed E-state index contributed by atoms with van der Waals surface area (Å²) in [5.41, 5.74) is -0.647. The predicted octanol–water partition coefficient (Wildman–Crippen LogP) is 0.489. The zero-order chi connectivity index (χ0) is 16.8. The molecular weight excluding hydrogens is 300 g/mol. The van der Waals surface area contributed by atoms with Gasteiger partial charge in [-0.15, -0.1) is 0 Å². The van der Waals surface area contributed by atoms with Crippen molar-refractivity contribution >= 4 is 5.71 Å². The summed E-state index contributed by atoms with van der Waals surface area (Å²) in [6.07, 6.45) is 2.09. The number of unbranched alkanes of at least 4 members (excludes halogenated alkanes) is 1. The highest BCUT2D eigenvalue weighted by molar-refractivity contribution is 6.01. The third-order valence-corrected chi connectivity index (χ3v) is 3.78. The summed E-state index contributed by atoms with van der Waals surface area (Å²) in [4.78, 5) is 26.4. The summed E-state index contributed by atoms with van der Waals surface area (Å²) in [5.74, 6) is -0.305. The number of nitrogens with zero attached hydrogens (tertiary/aromatic N) is 3. The maximum absolute atomic E-state index is 12.2. The van der Waals surface area contributed by atoms with Crippen LogP contribution in [0.5, 0.6) is 5.88 Å². The maximum atomic E-state index is 12.2. The van der Waals surface area contributed by atoms with Crippen LogP contribution in [-0.4, -0.2) is 51.7 Å². The number of rotatable bonds is 6. The van der Waals surface area contributed by atoms with E-state index >= 15 is 0 Å². The van der Waals surface area contributed by atoms with Crippen molar-refractivity contribution in [3.8, 4) is 5.88 Å². The molecule has 0 unspecified atom stereocenters. The first kappa shape index (κ1) is 17.3. The number of aromatic amines is 1. The smallest absolute Gasteiger partial charge is 0.331 e. The highest BCUT2D eigenvalue weighted by atomic mass is 16.5. The summed E-state index contributed by atoms with van der Waals surface area (Å²) in [6.45, 7) is 6.65. The molecular formula is C15H24N4O4. The topological polar surface area (TPSA) is 99.9 Å². The first-order valence-electron chi connectivity index (χ1n) is 8.05. The zero-order valence-electron chi connectivity index (χ0n) is 13.7. The van der Waals surface area contributed by atoms with Crippen molar-refractivity contribution in [1.29, 1.82) is 0 Å². The van der Waals surface area contributed by atoms with Crippen LogP contribution in [0.15, 0.2) is 14.7 Å². The lowest BCUT2D eigenvalue weighted by Gasteiger charge is -2.25. The Kier molecular flexibility index (Phi) is 5.97. The van der Waals surface area contributed by atoms with Gasteiger partial charge in [0.05, 0.1) is 32.0 Å². The molecule has 8 heteroatoms. The van der Waals surface area contributed by atoms with Crippen LogP contribution in [0.1, 0.15) is 38.7 Å². The van der Waals surface area contributed by atoms with Gasteiger partial charge in [0, 0.05) is 6.54 Å². The largest absolute Gasteiger partial charge is 0.494 e. The molecule has 0 saturated carbocycles. The molecule has 128 valence electrons. The minimum absolute atomic E-state index is 0.0784. The molecule has 1 aliphatic rings. The number of ether oxygens (including phenoxy) is 1. The first-order chi connectivity index (χ1) is 11.1. The number of hydrogen-bond acceptors (Lipinski definition) is 6. The Hall–Kier alpha value is -2.09. The first-order valence-corrected chi connectivity index (χ1v) is 8.05. The molecule has 1 aromatic heterocycles. The van der Waals surface area contributed by atoms with Gasteiger partial charge in [-0.25, -0.2) is 4.79 Å². The van der Waals surface area contributed by atoms with Crippen molar-refractivity contribution in [1.82, 2.24) is 14.6 Å². The summed E-state index contributed by atoms with van der Waals surface area (Å²) in [6, 6.07) is 0. The van der Waals surface area contributed by atoms with Crippen LogP contribution in [0.2, 0.25) is 0 Å². The Balaban J connectivity index is 2.44. The second-order valence-corrected chi connectivity index (χ2v) is 5.43. The highest BCUT2D eigenvalue weighted by Gasteiger charge is 2.19. The van der Waals surface area contributed by atoms with E-state index in [0.29, 0.717) is 45.0 Å². The van der Waals surface area contributed by atoms with Gasteiger partial charge >= 0.3 is 5.69 Å². The third kappa shape index (κ3) is 4.01. The summed E-state index contributed by atoms with van der Waals surface area (Å²) < 4.78 is 6.47. The fraction of sp³-hybridized carbons (Fsp3) is 0.667. The summed E-state index contributed by atoms with van der Waals surface area (Å²) >= 11 is 0. The molecule has 0 aromatic carbocycles. The van der Waals surface area contributed by atoms with E-state index in [1.54, 1.807) is 0 Å². The lowest BCUT2D eigenvalue weighted by Crippen LogP contribution is -2.36. The molecule has 1 aliphatic heterocycles. The normalized spacial score (nSPS) is 15.9. The molecule has 2 heterocycles. The molecule has 8 nitrogen and oxygen atoms in total. The quantitative estimate of drug-likeness (QED) is 0.742. The van der Waals surface area contributed by atoms with E-state index in [2.05, 4.69) is 10.1 Å². The third-order valence-electron chi connectivity index (χ3n) is 3.78. The van der Waals surface area contributed by atoms with Crippen LogP contribution in [0.3, 0.4) is 0 Å². The molecule has 0 amide bonds. The van der Waals surface area contributed by atoms with Gasteiger partial charge in [0.2, 0.25) is 5.88 Å². The van der Waals surface area contributed by atoms with Gasteiger partial charge in [0.25, 0.3) is 5.56 Å². The number of aromatic hydroxyl groups is 1. The van der Waals surface area contributed by atoms with Crippen molar-refractivity contribution in [2.75, 3.05) is 26.3 Å². The number of morpholine rings is 1. The molecule has 2 rings (SSSR count). The predicted molar refractivity (Wildman–Crippen MR) is 87.1 cm³/mol. The van der Waals surface area contributed by atoms with E-state index in [4.69, 9.17) is 4.74 Å². The van der Waals surface area contributed by atoms with E-state index in [9.17, 15) is 14.7 Å². The van der Waals surface area contributed by atoms with E-state index in [1.165, 1.54) is 4.57 Å². The van der Waals surface area contributed by atoms with Crippen molar-refractivity contribution in [3.05, 3.63) is 26.4 Å². The highest BCUT2D eigenvalue weighted by Crippen LogP contribution is 2.15. The standard InChI is InChI=1S/C15H24N4O4/c1-3-5-6-19-14(21)12(13(20)16-15(19)22)11(4-2)17-18-7-9-23-10-8-18/h21H,3-10H2,1-2H3,(H,16,20,22). The fourth-order valence-corrected chi connectivity index (χ4v) is 2.47. The number of hydrazone groups is 1. The van der Waals surface area contributed by atoms with Crippen molar-refractivity contribution in [2.24, 2.45) is 5.10 Å². The van der Waals surface area contributed by atoms with E-state index < -0.39 is 11.2 Å². The Morgan fingerprint density at radius 3 is 2.61 bits per heavy atom. The van der Waals surface area contributed by atoms with Gasteiger partial charge in [-0.1, -0.05) is 20.3 Å². The lowest BCUT2D eigenvalue weighted by molar-refractivity contribution is 0.0393. The second kappa shape index (κ2) is 7.96. The molecule has 0 atom stereocenters. The van der Waals surface area contributed by atoms with Crippen LogP contribution >= 0.6 is 0 Å². The van der Waals surface area contributed by atoms with E-state index in [1.807, 2.05) is 18.9 Å². The van der Waals surface area contributed by atoms with Crippen molar-refractivity contribution in [3.63, 3.8) is 0 Å². The van der Waals surface area contributed by atoms with Crippen molar-refractivity contribution < 1.29 is 9.84 Å². The molecule has 2 N–H and O–H groups in total. The molecule has 0 spiro atoms. The molecule has 1 fully saturated rings. The summed E-state index contributed by atoms with van der Waals surface area (Å²) in [5, 5.41) is 16.7. The van der Waals surface area contributed by atoms with Crippen LogP contribution in [0, 0.1) is 0 Å². The van der Waals surface area contributed by atoms with Crippen LogP contribution < -0.4 is 11.2 Å². The number of nitrogens with one attached hydrogen (secondary N) is 1. The van der Waals surface area contributed by atoms with Crippen LogP contribution in [-0.2, 0) is 11.3 Å². The molecule has 1 aromatic rings. The minimum Gasteiger partial charge on any atom is -0.494 e. The Morgan fingerprint density at radius 2 is 2.00 bits per heavy atom. The lowest BCUT2D eigenvalue weighted by atomic mass is 10.1. The van der Waals surface area contributed by atoms with Gasteiger partial charge in [-0.05, 0) is 12.8 Å². The molecule has 0 radical (unpaired) electrons. The van der Waals surface area contributed by atoms with Gasteiger partial charge in [-0.3, -0.25) is 19.4 Å². The Labute approximate surface area is 134 Å². The maximum Gasteiger partial charge on any atom is 0.331 e. The van der Waals surface area contributed by atoms with Crippen molar-refractivity contribution in [2.45, 2.75) is 39.7 Å². The molecule has 1 saturated heterocycles. The molecule has 0 aliphatic carbocycles. The molecule has 23 heavy (non-hydrogen) atoms. The number of aromatic nitrogens is 2. The van der Waals surface area contributed by atoms with Crippen LogP contribution in [0.25, 0.3) is 0 Å². The average molecular weight is 324 g/mol. The monoisotopic (exact) mass is 324 g/mol. The van der Waals surface area contributed by atoms with E-state index in [0.717, 1.165) is 12.8 Å². The van der Waals surface area contributed by atoms with Gasteiger partial charge < -0.3 is 9.84 Å². The SMILES string of the molecule is CCCCn1c(O)c(C(CC)=NN2CCOCC2)c(=O)[nH]c1=O. The number of H-pyrrole nitrogens is 1. The summed E-state index contributed by atoms with van der Waals surface area (Å²) in [7, 11) is 0. The average Bonchev–Trinajstić information content (AvgIpc) is 2.54. The molecule has 0 bridgehead atoms. The zero-order valence-corrected chi connectivity index (χ0v) is 13.7.